The largest absolute Gasteiger partial charge is 0.465 e. The SMILES string of the molecule is CCCCCCCCCCCCCOC(=O)C1CC2OC2CC1C(=O)OCCCCCCCCCCCCC. The molecule has 0 amide bonds. The van der Waals surface area contributed by atoms with Crippen molar-refractivity contribution in [2.24, 2.45) is 11.8 Å². The van der Waals surface area contributed by atoms with Crippen LogP contribution < -0.4 is 0 Å². The maximum atomic E-state index is 12.8. The molecule has 0 aromatic heterocycles. The van der Waals surface area contributed by atoms with Crippen LogP contribution in [0.25, 0.3) is 0 Å². The Morgan fingerprint density at radius 1 is 0.487 bits per heavy atom. The zero-order chi connectivity index (χ0) is 28.0. The summed E-state index contributed by atoms with van der Waals surface area (Å²) in [7, 11) is 0. The van der Waals surface area contributed by atoms with Crippen molar-refractivity contribution in [3.05, 3.63) is 0 Å². The van der Waals surface area contributed by atoms with Crippen molar-refractivity contribution in [1.29, 1.82) is 0 Å². The van der Waals surface area contributed by atoms with Gasteiger partial charge in [0.2, 0.25) is 0 Å². The Balaban J connectivity index is 1.49. The molecule has 0 aromatic carbocycles. The van der Waals surface area contributed by atoms with Crippen molar-refractivity contribution < 1.29 is 23.8 Å². The molecule has 0 aromatic rings. The van der Waals surface area contributed by atoms with Gasteiger partial charge in [-0.2, -0.15) is 0 Å². The van der Waals surface area contributed by atoms with Gasteiger partial charge in [0.05, 0.1) is 37.3 Å². The fraction of sp³-hybridized carbons (Fsp3) is 0.941. The van der Waals surface area contributed by atoms with E-state index in [0.717, 1.165) is 25.7 Å². The van der Waals surface area contributed by atoms with Crippen LogP contribution in [0.2, 0.25) is 0 Å². The average molecular weight is 551 g/mol. The molecule has 228 valence electrons. The number of carbonyl (C=O) groups is 2. The van der Waals surface area contributed by atoms with Gasteiger partial charge in [-0.25, -0.2) is 0 Å². The summed E-state index contributed by atoms with van der Waals surface area (Å²) in [5.41, 5.74) is 0. The van der Waals surface area contributed by atoms with E-state index in [9.17, 15) is 9.59 Å². The summed E-state index contributed by atoms with van der Waals surface area (Å²) in [4.78, 5) is 25.7. The molecule has 2 rings (SSSR count). The molecule has 1 saturated carbocycles. The number of fused-ring (bicyclic) bond motifs is 1. The van der Waals surface area contributed by atoms with E-state index in [1.807, 2.05) is 0 Å². The fourth-order valence-corrected chi connectivity index (χ4v) is 6.04. The van der Waals surface area contributed by atoms with Gasteiger partial charge in [0.1, 0.15) is 0 Å². The number of rotatable bonds is 26. The van der Waals surface area contributed by atoms with E-state index >= 15 is 0 Å². The Bertz CT molecular complexity index is 569. The molecule has 39 heavy (non-hydrogen) atoms. The zero-order valence-electron chi connectivity index (χ0n) is 25.7. The second kappa shape index (κ2) is 22.6. The maximum Gasteiger partial charge on any atom is 0.309 e. The molecule has 0 spiro atoms. The highest BCUT2D eigenvalue weighted by Gasteiger charge is 2.53. The van der Waals surface area contributed by atoms with Gasteiger partial charge in [0.15, 0.2) is 0 Å². The van der Waals surface area contributed by atoms with E-state index in [2.05, 4.69) is 13.8 Å². The van der Waals surface area contributed by atoms with Crippen LogP contribution in [0, 0.1) is 11.8 Å². The Morgan fingerprint density at radius 3 is 1.08 bits per heavy atom. The average Bonchev–Trinajstić information content (AvgIpc) is 3.72. The third-order valence-electron chi connectivity index (χ3n) is 8.74. The van der Waals surface area contributed by atoms with Crippen molar-refractivity contribution in [2.75, 3.05) is 13.2 Å². The Kier molecular flexibility index (Phi) is 19.7. The van der Waals surface area contributed by atoms with Crippen LogP contribution >= 0.6 is 0 Å². The third-order valence-corrected chi connectivity index (χ3v) is 8.74. The first kappa shape index (κ1) is 34.1. The highest BCUT2D eigenvalue weighted by Crippen LogP contribution is 2.43. The van der Waals surface area contributed by atoms with Gasteiger partial charge in [-0.15, -0.1) is 0 Å². The molecule has 2 fully saturated rings. The van der Waals surface area contributed by atoms with Crippen LogP contribution in [-0.4, -0.2) is 37.4 Å². The molecule has 0 radical (unpaired) electrons. The minimum Gasteiger partial charge on any atom is -0.465 e. The van der Waals surface area contributed by atoms with Crippen LogP contribution in [0.3, 0.4) is 0 Å². The third kappa shape index (κ3) is 16.1. The quantitative estimate of drug-likeness (QED) is 0.0609. The van der Waals surface area contributed by atoms with E-state index < -0.39 is 11.8 Å². The molecule has 4 atom stereocenters. The van der Waals surface area contributed by atoms with Gasteiger partial charge >= 0.3 is 11.9 Å². The predicted octanol–water partition coefficient (Wildman–Crippen LogP) is 9.49. The molecule has 1 aliphatic carbocycles. The van der Waals surface area contributed by atoms with Gasteiger partial charge in [-0.1, -0.05) is 142 Å². The molecule has 1 saturated heterocycles. The lowest BCUT2D eigenvalue weighted by molar-refractivity contribution is -0.162. The molecule has 0 N–H and O–H groups in total. The Labute approximate surface area is 240 Å². The Morgan fingerprint density at radius 2 is 0.769 bits per heavy atom. The normalized spacial score (nSPS) is 21.9. The van der Waals surface area contributed by atoms with E-state index in [1.54, 1.807) is 0 Å². The number of carbonyl (C=O) groups excluding carboxylic acids is 2. The molecule has 0 bridgehead atoms. The van der Waals surface area contributed by atoms with Crippen LogP contribution in [0.5, 0.6) is 0 Å². The van der Waals surface area contributed by atoms with Crippen LogP contribution in [0.4, 0.5) is 0 Å². The van der Waals surface area contributed by atoms with Crippen molar-refractivity contribution in [3.63, 3.8) is 0 Å². The number of unbranched alkanes of at least 4 members (excludes halogenated alkanes) is 20. The molecule has 5 nitrogen and oxygen atoms in total. The minimum absolute atomic E-state index is 0.125. The lowest BCUT2D eigenvalue weighted by atomic mass is 9.79. The number of hydrogen-bond acceptors (Lipinski definition) is 5. The molecule has 5 heteroatoms. The molecular formula is C34H62O5. The van der Waals surface area contributed by atoms with Crippen molar-refractivity contribution >= 4 is 11.9 Å². The maximum absolute atomic E-state index is 12.8. The van der Waals surface area contributed by atoms with Crippen molar-refractivity contribution in [3.8, 4) is 0 Å². The van der Waals surface area contributed by atoms with Crippen molar-refractivity contribution in [1.82, 2.24) is 0 Å². The monoisotopic (exact) mass is 550 g/mol. The molecule has 4 unspecified atom stereocenters. The van der Waals surface area contributed by atoms with Crippen molar-refractivity contribution in [2.45, 2.75) is 180 Å². The zero-order valence-corrected chi connectivity index (χ0v) is 25.7. The van der Waals surface area contributed by atoms with Crippen LogP contribution in [0.15, 0.2) is 0 Å². The topological polar surface area (TPSA) is 65.1 Å². The van der Waals surface area contributed by atoms with Gasteiger partial charge in [0.25, 0.3) is 0 Å². The highest BCUT2D eigenvalue weighted by atomic mass is 16.6. The number of hydrogen-bond donors (Lipinski definition) is 0. The minimum atomic E-state index is -0.411. The molecule has 1 heterocycles. The van der Waals surface area contributed by atoms with Gasteiger partial charge in [-0.3, -0.25) is 9.59 Å². The fourth-order valence-electron chi connectivity index (χ4n) is 6.04. The van der Waals surface area contributed by atoms with Crippen LogP contribution in [-0.2, 0) is 23.8 Å². The summed E-state index contributed by atoms with van der Waals surface area (Å²) < 4.78 is 16.9. The first-order valence-electron chi connectivity index (χ1n) is 17.2. The standard InChI is InChI=1S/C34H62O5/c1-3-5-7-9-11-13-15-17-19-21-23-25-37-33(35)29-27-31-32(39-31)28-30(29)34(36)38-26-24-22-20-18-16-14-12-10-8-6-4-2/h29-32H,3-28H2,1-2H3. The summed E-state index contributed by atoms with van der Waals surface area (Å²) in [6.07, 6.45) is 29.4. The smallest absolute Gasteiger partial charge is 0.309 e. The number of esters is 2. The Hall–Kier alpha value is -1.10. The summed E-state index contributed by atoms with van der Waals surface area (Å²) >= 11 is 0. The number of epoxide rings is 1. The summed E-state index contributed by atoms with van der Waals surface area (Å²) in [5.74, 6) is -1.28. The number of ether oxygens (including phenoxy) is 3. The van der Waals surface area contributed by atoms with Gasteiger partial charge in [0, 0.05) is 0 Å². The second-order valence-electron chi connectivity index (χ2n) is 12.3. The summed E-state index contributed by atoms with van der Waals surface area (Å²) in [5, 5.41) is 0. The summed E-state index contributed by atoms with van der Waals surface area (Å²) in [6, 6.07) is 0. The molecule has 1 aliphatic heterocycles. The first-order chi connectivity index (χ1) is 19.2. The summed E-state index contributed by atoms with van der Waals surface area (Å²) in [6.45, 7) is 5.44. The second-order valence-corrected chi connectivity index (χ2v) is 12.3. The van der Waals surface area contributed by atoms with Gasteiger partial charge < -0.3 is 14.2 Å². The highest BCUT2D eigenvalue weighted by molar-refractivity contribution is 5.82. The first-order valence-corrected chi connectivity index (χ1v) is 17.2. The lowest BCUT2D eigenvalue weighted by Gasteiger charge is -2.26. The van der Waals surface area contributed by atoms with E-state index in [-0.39, 0.29) is 24.1 Å². The predicted molar refractivity (Wildman–Crippen MR) is 160 cm³/mol. The van der Waals surface area contributed by atoms with E-state index in [4.69, 9.17) is 14.2 Å². The van der Waals surface area contributed by atoms with E-state index in [0.29, 0.717) is 26.1 Å². The van der Waals surface area contributed by atoms with E-state index in [1.165, 1.54) is 116 Å². The van der Waals surface area contributed by atoms with Crippen LogP contribution in [0.1, 0.15) is 168 Å². The molecule has 2 aliphatic rings. The molecular weight excluding hydrogens is 488 g/mol. The lowest BCUT2D eigenvalue weighted by Crippen LogP contribution is -2.37. The van der Waals surface area contributed by atoms with Gasteiger partial charge in [-0.05, 0) is 25.7 Å².